The van der Waals surface area contributed by atoms with Crippen LogP contribution in [-0.2, 0) is 19.6 Å². The third kappa shape index (κ3) is 3.82. The van der Waals surface area contributed by atoms with Crippen LogP contribution in [0.3, 0.4) is 0 Å². The molecule has 6 nitrogen and oxygen atoms in total. The van der Waals surface area contributed by atoms with Crippen molar-refractivity contribution in [1.82, 2.24) is 4.31 Å². The Hall–Kier alpha value is -1.30. The van der Waals surface area contributed by atoms with Gasteiger partial charge in [0.25, 0.3) is 15.9 Å². The SMILES string of the molecule is CCC(C)N(C1CC(=O)N(c2ccc(I)cc2)C1=O)S(=O)(=O)c1cccs1. The number of nitrogens with zero attached hydrogens (tertiary/aromatic N) is 2. The molecule has 1 aromatic heterocycles. The Morgan fingerprint density at radius 3 is 2.48 bits per heavy atom. The molecule has 2 unspecified atom stereocenters. The van der Waals surface area contributed by atoms with E-state index in [4.69, 9.17) is 0 Å². The Bertz CT molecular complexity index is 942. The minimum absolute atomic E-state index is 0.153. The Balaban J connectivity index is 2.00. The van der Waals surface area contributed by atoms with Crippen LogP contribution >= 0.6 is 33.9 Å². The lowest BCUT2D eigenvalue weighted by molar-refractivity contribution is -0.122. The van der Waals surface area contributed by atoms with Crippen molar-refractivity contribution in [3.8, 4) is 0 Å². The second-order valence-corrected chi connectivity index (χ2v) is 10.6. The first-order chi connectivity index (χ1) is 12.8. The zero-order valence-electron chi connectivity index (χ0n) is 14.8. The number of rotatable bonds is 6. The molecule has 1 aliphatic heterocycles. The van der Waals surface area contributed by atoms with Crippen LogP contribution in [0, 0.1) is 3.57 Å². The van der Waals surface area contributed by atoms with Gasteiger partial charge >= 0.3 is 0 Å². The lowest BCUT2D eigenvalue weighted by Gasteiger charge is -2.31. The summed E-state index contributed by atoms with van der Waals surface area (Å²) in [6, 6.07) is 8.74. The number of anilines is 1. The van der Waals surface area contributed by atoms with Gasteiger partial charge in [-0.25, -0.2) is 13.3 Å². The Morgan fingerprint density at radius 2 is 1.93 bits per heavy atom. The van der Waals surface area contributed by atoms with E-state index in [2.05, 4.69) is 22.6 Å². The maximum Gasteiger partial charge on any atom is 0.253 e. The number of sulfonamides is 1. The van der Waals surface area contributed by atoms with Crippen LogP contribution in [0.1, 0.15) is 26.7 Å². The van der Waals surface area contributed by atoms with Gasteiger partial charge in [0, 0.05) is 9.61 Å². The zero-order valence-corrected chi connectivity index (χ0v) is 18.6. The summed E-state index contributed by atoms with van der Waals surface area (Å²) < 4.78 is 28.7. The number of halogens is 1. The fourth-order valence-electron chi connectivity index (χ4n) is 3.08. The number of carbonyl (C=O) groups is 2. The van der Waals surface area contributed by atoms with Gasteiger partial charge in [-0.2, -0.15) is 4.31 Å². The van der Waals surface area contributed by atoms with Crippen LogP contribution in [0.2, 0.25) is 0 Å². The van der Waals surface area contributed by atoms with E-state index in [0.29, 0.717) is 12.1 Å². The highest BCUT2D eigenvalue weighted by atomic mass is 127. The van der Waals surface area contributed by atoms with Crippen molar-refractivity contribution in [2.45, 2.75) is 43.0 Å². The smallest absolute Gasteiger partial charge is 0.253 e. The molecule has 1 aliphatic rings. The number of thiophene rings is 1. The van der Waals surface area contributed by atoms with Crippen molar-refractivity contribution in [3.63, 3.8) is 0 Å². The van der Waals surface area contributed by atoms with Gasteiger partial charge in [-0.1, -0.05) is 13.0 Å². The van der Waals surface area contributed by atoms with Crippen molar-refractivity contribution in [2.75, 3.05) is 4.90 Å². The maximum absolute atomic E-state index is 13.2. The van der Waals surface area contributed by atoms with Crippen LogP contribution in [-0.4, -0.2) is 36.6 Å². The van der Waals surface area contributed by atoms with E-state index in [-0.39, 0.29) is 16.5 Å². The van der Waals surface area contributed by atoms with Crippen LogP contribution in [0.15, 0.2) is 46.0 Å². The topological polar surface area (TPSA) is 74.8 Å². The van der Waals surface area contributed by atoms with E-state index in [9.17, 15) is 18.0 Å². The molecule has 0 saturated carbocycles. The molecule has 27 heavy (non-hydrogen) atoms. The Kier molecular flexibility index (Phi) is 6.04. The lowest BCUT2D eigenvalue weighted by Crippen LogP contribution is -2.49. The van der Waals surface area contributed by atoms with Crippen LogP contribution in [0.25, 0.3) is 0 Å². The fraction of sp³-hybridized carbons (Fsp3) is 0.333. The minimum atomic E-state index is -3.87. The molecule has 1 aromatic carbocycles. The predicted molar refractivity (Wildman–Crippen MR) is 113 cm³/mol. The van der Waals surface area contributed by atoms with E-state index in [1.165, 1.54) is 10.4 Å². The molecule has 144 valence electrons. The summed E-state index contributed by atoms with van der Waals surface area (Å²) in [6.45, 7) is 3.62. The molecule has 2 amide bonds. The molecule has 0 bridgehead atoms. The summed E-state index contributed by atoms with van der Waals surface area (Å²) in [5.74, 6) is -0.887. The standard InChI is InChI=1S/C18H19IN2O4S2/c1-3-12(2)21(27(24,25)17-5-4-10-26-17)15-11-16(22)20(18(15)23)14-8-6-13(19)7-9-14/h4-10,12,15H,3,11H2,1-2H3. The first-order valence-electron chi connectivity index (χ1n) is 8.46. The lowest BCUT2D eigenvalue weighted by atomic mass is 10.2. The molecule has 0 N–H and O–H groups in total. The highest BCUT2D eigenvalue weighted by Crippen LogP contribution is 2.32. The largest absolute Gasteiger partial charge is 0.274 e. The van der Waals surface area contributed by atoms with E-state index in [1.807, 2.05) is 6.92 Å². The summed E-state index contributed by atoms with van der Waals surface area (Å²) >= 11 is 3.25. The van der Waals surface area contributed by atoms with Gasteiger partial charge in [0.05, 0.1) is 12.1 Å². The van der Waals surface area contributed by atoms with Crippen molar-refractivity contribution >= 4 is 61.5 Å². The molecule has 2 atom stereocenters. The summed E-state index contributed by atoms with van der Waals surface area (Å²) in [6.07, 6.45) is 0.381. The normalized spacial score (nSPS) is 19.1. The van der Waals surface area contributed by atoms with Crippen molar-refractivity contribution in [2.24, 2.45) is 0 Å². The van der Waals surface area contributed by atoms with E-state index >= 15 is 0 Å². The zero-order chi connectivity index (χ0) is 19.8. The molecule has 0 spiro atoms. The van der Waals surface area contributed by atoms with Crippen molar-refractivity contribution in [3.05, 3.63) is 45.3 Å². The van der Waals surface area contributed by atoms with Crippen LogP contribution < -0.4 is 4.90 Å². The number of hydrogen-bond acceptors (Lipinski definition) is 5. The van der Waals surface area contributed by atoms with Gasteiger partial charge in [-0.15, -0.1) is 11.3 Å². The number of carbonyl (C=O) groups excluding carboxylic acids is 2. The molecule has 1 fully saturated rings. The summed E-state index contributed by atoms with van der Waals surface area (Å²) in [5, 5.41) is 1.68. The monoisotopic (exact) mass is 518 g/mol. The van der Waals surface area contributed by atoms with E-state index < -0.39 is 28.0 Å². The number of hydrogen-bond donors (Lipinski definition) is 0. The number of imide groups is 1. The molecule has 1 saturated heterocycles. The van der Waals surface area contributed by atoms with Gasteiger partial charge in [0.2, 0.25) is 5.91 Å². The number of amides is 2. The van der Waals surface area contributed by atoms with E-state index in [0.717, 1.165) is 19.8 Å². The van der Waals surface area contributed by atoms with E-state index in [1.54, 1.807) is 42.6 Å². The second-order valence-electron chi connectivity index (χ2n) is 6.29. The van der Waals surface area contributed by atoms with Crippen LogP contribution in [0.4, 0.5) is 5.69 Å². The maximum atomic E-state index is 13.2. The molecule has 3 rings (SSSR count). The van der Waals surface area contributed by atoms with Crippen molar-refractivity contribution in [1.29, 1.82) is 0 Å². The third-order valence-electron chi connectivity index (χ3n) is 4.57. The summed E-state index contributed by atoms with van der Waals surface area (Å²) in [7, 11) is -3.87. The van der Waals surface area contributed by atoms with Gasteiger partial charge in [-0.05, 0) is 71.6 Å². The predicted octanol–water partition coefficient (Wildman–Crippen LogP) is 3.47. The van der Waals surface area contributed by atoms with Gasteiger partial charge in [0.15, 0.2) is 0 Å². The highest BCUT2D eigenvalue weighted by molar-refractivity contribution is 14.1. The molecule has 0 aliphatic carbocycles. The average Bonchev–Trinajstić information content (AvgIpc) is 3.26. The first-order valence-corrected chi connectivity index (χ1v) is 11.9. The molecule has 0 radical (unpaired) electrons. The molecule has 2 heterocycles. The molecule has 2 aromatic rings. The minimum Gasteiger partial charge on any atom is -0.274 e. The van der Waals surface area contributed by atoms with Gasteiger partial charge in [0.1, 0.15) is 10.3 Å². The van der Waals surface area contributed by atoms with Gasteiger partial charge in [-0.3, -0.25) is 9.59 Å². The summed E-state index contributed by atoms with van der Waals surface area (Å²) in [4.78, 5) is 26.8. The van der Waals surface area contributed by atoms with Gasteiger partial charge < -0.3 is 0 Å². The second kappa shape index (κ2) is 7.98. The third-order valence-corrected chi connectivity index (χ3v) is 8.68. The Morgan fingerprint density at radius 1 is 1.26 bits per heavy atom. The first kappa shape index (κ1) is 20.4. The Labute approximate surface area is 176 Å². The molecular formula is C18H19IN2O4S2. The highest BCUT2D eigenvalue weighted by Gasteiger charge is 2.48. The van der Waals surface area contributed by atoms with Crippen molar-refractivity contribution < 1.29 is 18.0 Å². The fourth-order valence-corrected chi connectivity index (χ4v) is 6.38. The average molecular weight is 518 g/mol. The number of benzene rings is 1. The quantitative estimate of drug-likeness (QED) is 0.434. The summed E-state index contributed by atoms with van der Waals surface area (Å²) in [5.41, 5.74) is 0.463. The molecular weight excluding hydrogens is 499 g/mol. The molecule has 9 heteroatoms. The van der Waals surface area contributed by atoms with Crippen LogP contribution in [0.5, 0.6) is 0 Å².